The Kier molecular flexibility index (Phi) is 5.07. The number of nitriles is 2. The number of nitrogens with one attached hydrogen (secondary N) is 1. The van der Waals surface area contributed by atoms with E-state index >= 15 is 0 Å². The second-order valence-corrected chi connectivity index (χ2v) is 6.59. The molecule has 3 aromatic rings. The molecule has 0 fully saturated rings. The molecule has 6 heteroatoms. The fraction of sp³-hybridized carbons (Fsp3) is 0.100. The summed E-state index contributed by atoms with van der Waals surface area (Å²) in [4.78, 5) is 4.76. The van der Waals surface area contributed by atoms with E-state index in [1.54, 1.807) is 23.5 Å². The molecule has 5 nitrogen and oxygen atoms in total. The highest BCUT2D eigenvalue weighted by atomic mass is 32.1. The molecule has 1 aromatic heterocycles. The number of anilines is 1. The van der Waals surface area contributed by atoms with E-state index in [0.29, 0.717) is 5.69 Å². The summed E-state index contributed by atoms with van der Waals surface area (Å²) in [6.07, 6.45) is 0. The fourth-order valence-electron chi connectivity index (χ4n) is 2.55. The van der Waals surface area contributed by atoms with E-state index in [1.165, 1.54) is 11.1 Å². The molecule has 0 bridgehead atoms. The van der Waals surface area contributed by atoms with Crippen LogP contribution >= 0.6 is 11.3 Å². The molecule has 0 aliphatic rings. The van der Waals surface area contributed by atoms with Crippen molar-refractivity contribution in [2.24, 2.45) is 5.10 Å². The van der Waals surface area contributed by atoms with Crippen LogP contribution in [0.15, 0.2) is 52.9 Å². The maximum Gasteiger partial charge on any atom is 0.237 e. The van der Waals surface area contributed by atoms with Gasteiger partial charge in [-0.3, -0.25) is 5.43 Å². The first-order valence-electron chi connectivity index (χ1n) is 7.88. The first-order chi connectivity index (χ1) is 12.6. The maximum absolute atomic E-state index is 8.74. The molecule has 0 amide bonds. The van der Waals surface area contributed by atoms with Gasteiger partial charge in [0, 0.05) is 16.5 Å². The van der Waals surface area contributed by atoms with Crippen molar-refractivity contribution < 1.29 is 0 Å². The number of aromatic nitrogens is 1. The minimum absolute atomic E-state index is 0.221. The average Bonchev–Trinajstić information content (AvgIpc) is 3.13. The molecule has 1 heterocycles. The van der Waals surface area contributed by atoms with E-state index in [1.807, 2.05) is 24.3 Å². The van der Waals surface area contributed by atoms with Gasteiger partial charge >= 0.3 is 0 Å². The third-order valence-electron chi connectivity index (χ3n) is 3.78. The lowest BCUT2D eigenvalue weighted by atomic mass is 10.0. The van der Waals surface area contributed by atoms with Gasteiger partial charge in [0.25, 0.3) is 0 Å². The van der Waals surface area contributed by atoms with E-state index < -0.39 is 0 Å². The SMILES string of the molecule is Cc1ccc(-c2csc(-c3cccc(NN=C(C#N)C#N)c3)n2)c(C)c1. The van der Waals surface area contributed by atoms with Crippen LogP contribution in [0.4, 0.5) is 5.69 Å². The Morgan fingerprint density at radius 1 is 1.12 bits per heavy atom. The Hall–Kier alpha value is -3.48. The van der Waals surface area contributed by atoms with E-state index in [0.717, 1.165) is 21.8 Å². The van der Waals surface area contributed by atoms with E-state index in [-0.39, 0.29) is 5.71 Å². The number of nitrogens with zero attached hydrogens (tertiary/aromatic N) is 4. The Morgan fingerprint density at radius 3 is 2.65 bits per heavy atom. The second-order valence-electron chi connectivity index (χ2n) is 5.73. The van der Waals surface area contributed by atoms with Gasteiger partial charge in [-0.05, 0) is 31.5 Å². The van der Waals surface area contributed by atoms with Crippen molar-refractivity contribution in [3.63, 3.8) is 0 Å². The van der Waals surface area contributed by atoms with Crippen LogP contribution in [0.25, 0.3) is 21.8 Å². The van der Waals surface area contributed by atoms with E-state index in [9.17, 15) is 0 Å². The summed E-state index contributed by atoms with van der Waals surface area (Å²) in [5, 5.41) is 24.2. The molecular weight excluding hydrogens is 342 g/mol. The van der Waals surface area contributed by atoms with E-state index in [2.05, 4.69) is 48.0 Å². The van der Waals surface area contributed by atoms with Gasteiger partial charge < -0.3 is 0 Å². The normalized spacial score (nSPS) is 9.85. The van der Waals surface area contributed by atoms with Gasteiger partial charge in [0.1, 0.15) is 17.1 Å². The molecule has 126 valence electrons. The molecule has 0 saturated heterocycles. The zero-order chi connectivity index (χ0) is 18.5. The smallest absolute Gasteiger partial charge is 0.237 e. The number of hydrazone groups is 1. The molecule has 26 heavy (non-hydrogen) atoms. The van der Waals surface area contributed by atoms with Crippen molar-refractivity contribution in [2.75, 3.05) is 5.43 Å². The number of rotatable bonds is 4. The minimum atomic E-state index is -0.221. The predicted octanol–water partition coefficient (Wildman–Crippen LogP) is 4.91. The van der Waals surface area contributed by atoms with Crippen LogP contribution in [0.2, 0.25) is 0 Å². The van der Waals surface area contributed by atoms with Gasteiger partial charge in [-0.2, -0.15) is 15.6 Å². The Morgan fingerprint density at radius 2 is 1.92 bits per heavy atom. The maximum atomic E-state index is 8.74. The Labute approximate surface area is 155 Å². The van der Waals surface area contributed by atoms with Gasteiger partial charge in [0.15, 0.2) is 0 Å². The van der Waals surface area contributed by atoms with Crippen molar-refractivity contribution in [3.05, 3.63) is 59.0 Å². The largest absolute Gasteiger partial charge is 0.276 e. The standard InChI is InChI=1S/C20H15N5S/c1-13-6-7-18(14(2)8-13)19-12-26-20(23-19)15-4-3-5-16(9-15)24-25-17(10-21)11-22/h3-9,12,24H,1-2H3. The lowest BCUT2D eigenvalue weighted by Crippen LogP contribution is -1.96. The average molecular weight is 357 g/mol. The zero-order valence-electron chi connectivity index (χ0n) is 14.3. The quantitative estimate of drug-likeness (QED) is 0.531. The molecule has 3 rings (SSSR count). The van der Waals surface area contributed by atoms with Crippen molar-refractivity contribution in [1.29, 1.82) is 10.5 Å². The molecular formula is C20H15N5S. The van der Waals surface area contributed by atoms with Crippen molar-refractivity contribution >= 4 is 22.7 Å². The van der Waals surface area contributed by atoms with Crippen molar-refractivity contribution in [1.82, 2.24) is 4.98 Å². The number of benzene rings is 2. The number of thiazole rings is 1. The van der Waals surface area contributed by atoms with E-state index in [4.69, 9.17) is 15.5 Å². The predicted molar refractivity (Wildman–Crippen MR) is 105 cm³/mol. The molecule has 0 spiro atoms. The van der Waals surface area contributed by atoms with Crippen LogP contribution in [0.3, 0.4) is 0 Å². The van der Waals surface area contributed by atoms with Crippen LogP contribution in [-0.4, -0.2) is 10.7 Å². The molecule has 1 N–H and O–H groups in total. The molecule has 0 radical (unpaired) electrons. The molecule has 2 aromatic carbocycles. The van der Waals surface area contributed by atoms with Crippen LogP contribution in [0, 0.1) is 36.5 Å². The highest BCUT2D eigenvalue weighted by Crippen LogP contribution is 2.31. The summed E-state index contributed by atoms with van der Waals surface area (Å²) in [7, 11) is 0. The first kappa shape index (κ1) is 17.3. The van der Waals surface area contributed by atoms with Crippen LogP contribution in [0.5, 0.6) is 0 Å². The summed E-state index contributed by atoms with van der Waals surface area (Å²) in [6, 6.07) is 17.3. The summed E-state index contributed by atoms with van der Waals surface area (Å²) >= 11 is 1.57. The second kappa shape index (κ2) is 7.60. The van der Waals surface area contributed by atoms with Crippen molar-refractivity contribution in [2.45, 2.75) is 13.8 Å². The summed E-state index contributed by atoms with van der Waals surface area (Å²) in [6.45, 7) is 4.17. The topological polar surface area (TPSA) is 84.9 Å². The molecule has 0 saturated carbocycles. The van der Waals surface area contributed by atoms with Gasteiger partial charge in [-0.25, -0.2) is 4.98 Å². The molecule has 0 atom stereocenters. The lowest BCUT2D eigenvalue weighted by molar-refractivity contribution is 1.32. The monoisotopic (exact) mass is 357 g/mol. The van der Waals surface area contributed by atoms with Crippen LogP contribution in [0.1, 0.15) is 11.1 Å². The van der Waals surface area contributed by atoms with Gasteiger partial charge in [-0.15, -0.1) is 11.3 Å². The molecule has 0 aliphatic carbocycles. The zero-order valence-corrected chi connectivity index (χ0v) is 15.1. The van der Waals surface area contributed by atoms with Gasteiger partial charge in [-0.1, -0.05) is 35.9 Å². The Balaban J connectivity index is 1.88. The number of hydrogen-bond acceptors (Lipinski definition) is 6. The fourth-order valence-corrected chi connectivity index (χ4v) is 3.37. The summed E-state index contributed by atoms with van der Waals surface area (Å²) in [5.74, 6) is 0. The van der Waals surface area contributed by atoms with Gasteiger partial charge in [0.2, 0.25) is 5.71 Å². The molecule has 0 unspecified atom stereocenters. The molecule has 0 aliphatic heterocycles. The third-order valence-corrected chi connectivity index (χ3v) is 4.67. The van der Waals surface area contributed by atoms with Gasteiger partial charge in [0.05, 0.1) is 11.4 Å². The first-order valence-corrected chi connectivity index (χ1v) is 8.76. The van der Waals surface area contributed by atoms with Crippen LogP contribution in [-0.2, 0) is 0 Å². The number of hydrogen-bond donors (Lipinski definition) is 1. The highest BCUT2D eigenvalue weighted by Gasteiger charge is 2.09. The minimum Gasteiger partial charge on any atom is -0.276 e. The number of aryl methyl sites for hydroxylation is 2. The highest BCUT2D eigenvalue weighted by molar-refractivity contribution is 7.13. The van der Waals surface area contributed by atoms with Crippen molar-refractivity contribution in [3.8, 4) is 34.0 Å². The summed E-state index contributed by atoms with van der Waals surface area (Å²) in [5.41, 5.74) is 8.66. The van der Waals surface area contributed by atoms with Crippen LogP contribution < -0.4 is 5.43 Å². The lowest BCUT2D eigenvalue weighted by Gasteiger charge is -2.04. The summed E-state index contributed by atoms with van der Waals surface area (Å²) < 4.78 is 0. The third kappa shape index (κ3) is 3.77. The Bertz CT molecular complexity index is 1050.